The number of primary amides is 1. The Labute approximate surface area is 153 Å². The smallest absolute Gasteiger partial charge is 0.255 e. The van der Waals surface area contributed by atoms with E-state index in [2.05, 4.69) is 10.3 Å². The van der Waals surface area contributed by atoms with Gasteiger partial charge in [-0.15, -0.1) is 0 Å². The molecule has 1 aliphatic rings. The monoisotopic (exact) mass is 379 g/mol. The first-order valence-corrected chi connectivity index (χ1v) is 8.41. The summed E-state index contributed by atoms with van der Waals surface area (Å²) in [4.78, 5) is 27.1. The van der Waals surface area contributed by atoms with Crippen molar-refractivity contribution in [3.63, 3.8) is 0 Å². The van der Waals surface area contributed by atoms with Crippen LogP contribution in [0, 0.1) is 11.7 Å². The molecule has 2 aromatic rings. The van der Waals surface area contributed by atoms with E-state index in [-0.39, 0.29) is 29.2 Å². The van der Waals surface area contributed by atoms with Crippen LogP contribution in [0.25, 0.3) is 10.8 Å². The molecule has 1 aromatic heterocycles. The van der Waals surface area contributed by atoms with Crippen molar-refractivity contribution >= 4 is 22.6 Å². The van der Waals surface area contributed by atoms with Crippen molar-refractivity contribution in [2.45, 2.75) is 25.6 Å². The minimum Gasteiger partial charge on any atom is -0.493 e. The second-order valence-corrected chi connectivity index (χ2v) is 6.25. The molecule has 3 rings (SSSR count). The molecule has 0 radical (unpaired) electrons. The molecule has 2 amide bonds. The van der Waals surface area contributed by atoms with Crippen LogP contribution in [0.3, 0.4) is 0 Å². The van der Waals surface area contributed by atoms with Crippen molar-refractivity contribution in [2.75, 3.05) is 13.7 Å². The Morgan fingerprint density at radius 1 is 1.44 bits per heavy atom. The van der Waals surface area contributed by atoms with Crippen LogP contribution in [0.2, 0.25) is 0 Å². The first-order chi connectivity index (χ1) is 12.9. The van der Waals surface area contributed by atoms with Gasteiger partial charge in [0.1, 0.15) is 6.61 Å². The van der Waals surface area contributed by atoms with Crippen molar-refractivity contribution < 1.29 is 27.8 Å². The third-order valence-electron chi connectivity index (χ3n) is 4.72. The summed E-state index contributed by atoms with van der Waals surface area (Å²) in [6, 6.07) is 2.34. The van der Waals surface area contributed by atoms with Crippen LogP contribution >= 0.6 is 0 Å². The van der Waals surface area contributed by atoms with Gasteiger partial charge in [-0.3, -0.25) is 9.59 Å². The maximum atomic E-state index is 14.9. The predicted molar refractivity (Wildman–Crippen MR) is 92.9 cm³/mol. The molecular weight excluding hydrogens is 360 g/mol. The first-order valence-electron chi connectivity index (χ1n) is 8.41. The van der Waals surface area contributed by atoms with Crippen molar-refractivity contribution in [1.82, 2.24) is 10.3 Å². The Morgan fingerprint density at radius 3 is 2.81 bits per heavy atom. The standard InChI is InChI=1S/C18H19F2N3O4/c1-3-9-11(23-17(25)13(9)19)7-27-18-12-8(4-5-22-18)6-10(16(21)24)15(26-2)14(12)20/h4-6,9,11,13H,3,7H2,1-2H3,(H2,21,24)(H,23,25)/t9-,11+,13-/m0/s1. The highest BCUT2D eigenvalue weighted by molar-refractivity contribution is 6.02. The number of nitrogens with one attached hydrogen (secondary N) is 1. The van der Waals surface area contributed by atoms with Gasteiger partial charge in [-0.1, -0.05) is 6.92 Å². The molecule has 1 fully saturated rings. The number of halogens is 2. The van der Waals surface area contributed by atoms with Crippen LogP contribution in [-0.2, 0) is 4.79 Å². The minimum atomic E-state index is -1.60. The van der Waals surface area contributed by atoms with Gasteiger partial charge in [-0.2, -0.15) is 0 Å². The third kappa shape index (κ3) is 3.24. The molecule has 0 unspecified atom stereocenters. The molecule has 1 aliphatic heterocycles. The van der Waals surface area contributed by atoms with Gasteiger partial charge in [-0.05, 0) is 23.9 Å². The molecule has 1 saturated heterocycles. The number of rotatable bonds is 6. The molecule has 7 nitrogen and oxygen atoms in total. The van der Waals surface area contributed by atoms with Crippen LogP contribution in [0.5, 0.6) is 11.6 Å². The van der Waals surface area contributed by atoms with Gasteiger partial charge in [-0.25, -0.2) is 13.8 Å². The van der Waals surface area contributed by atoms with Crippen LogP contribution in [0.1, 0.15) is 23.7 Å². The fourth-order valence-electron chi connectivity index (χ4n) is 3.34. The summed E-state index contributed by atoms with van der Waals surface area (Å²) in [6.45, 7) is 1.70. The summed E-state index contributed by atoms with van der Waals surface area (Å²) < 4.78 is 39.4. The molecule has 1 aromatic carbocycles. The number of pyridine rings is 1. The largest absolute Gasteiger partial charge is 0.493 e. The van der Waals surface area contributed by atoms with Crippen LogP contribution in [-0.4, -0.2) is 42.7 Å². The summed E-state index contributed by atoms with van der Waals surface area (Å²) in [6.07, 6.45) is 0.233. The third-order valence-corrected chi connectivity index (χ3v) is 4.72. The second kappa shape index (κ2) is 7.34. The van der Waals surface area contributed by atoms with Crippen LogP contribution < -0.4 is 20.5 Å². The molecule has 2 heterocycles. The van der Waals surface area contributed by atoms with Crippen molar-refractivity contribution in [3.05, 3.63) is 29.7 Å². The molecule has 0 saturated carbocycles. The maximum Gasteiger partial charge on any atom is 0.255 e. The Balaban J connectivity index is 1.96. The summed E-state index contributed by atoms with van der Waals surface area (Å²) >= 11 is 0. The Kier molecular flexibility index (Phi) is 5.11. The summed E-state index contributed by atoms with van der Waals surface area (Å²) in [5.41, 5.74) is 5.18. The fraction of sp³-hybridized carbons (Fsp3) is 0.389. The molecule has 9 heteroatoms. The lowest BCUT2D eigenvalue weighted by atomic mass is 9.97. The molecule has 27 heavy (non-hydrogen) atoms. The number of ether oxygens (including phenoxy) is 2. The number of nitrogens with zero attached hydrogens (tertiary/aromatic N) is 1. The van der Waals surface area contributed by atoms with E-state index in [1.54, 1.807) is 6.92 Å². The average Bonchev–Trinajstić information content (AvgIpc) is 2.92. The topological polar surface area (TPSA) is 104 Å². The van der Waals surface area contributed by atoms with Crippen LogP contribution in [0.4, 0.5) is 8.78 Å². The number of fused-ring (bicyclic) bond motifs is 1. The number of amides is 2. The molecule has 0 aliphatic carbocycles. The Hall–Kier alpha value is -2.97. The van der Waals surface area contributed by atoms with Gasteiger partial charge in [0.15, 0.2) is 17.7 Å². The lowest BCUT2D eigenvalue weighted by molar-refractivity contribution is -0.123. The number of hydrogen-bond acceptors (Lipinski definition) is 5. The molecular formula is C18H19F2N3O4. The van der Waals surface area contributed by atoms with Crippen molar-refractivity contribution in [3.8, 4) is 11.6 Å². The number of carbonyl (C=O) groups is 2. The summed E-state index contributed by atoms with van der Waals surface area (Å²) in [7, 11) is 1.22. The predicted octanol–water partition coefficient (Wildman–Crippen LogP) is 1.72. The van der Waals surface area contributed by atoms with Crippen LogP contribution in [0.15, 0.2) is 18.3 Å². The summed E-state index contributed by atoms with van der Waals surface area (Å²) in [5.74, 6) is -3.24. The van der Waals surface area contributed by atoms with E-state index in [9.17, 15) is 18.4 Å². The van der Waals surface area contributed by atoms with E-state index in [1.165, 1.54) is 25.4 Å². The molecule has 0 bridgehead atoms. The summed E-state index contributed by atoms with van der Waals surface area (Å²) in [5, 5.41) is 2.89. The number of nitrogens with two attached hydrogens (primary N) is 1. The average molecular weight is 379 g/mol. The van der Waals surface area contributed by atoms with Gasteiger partial charge in [0.2, 0.25) is 5.88 Å². The van der Waals surface area contributed by atoms with Gasteiger partial charge >= 0.3 is 0 Å². The van der Waals surface area contributed by atoms with E-state index in [4.69, 9.17) is 15.2 Å². The number of benzene rings is 1. The molecule has 3 N–H and O–H groups in total. The number of methoxy groups -OCH3 is 1. The lowest BCUT2D eigenvalue weighted by Gasteiger charge is -2.19. The highest BCUT2D eigenvalue weighted by Crippen LogP contribution is 2.35. The molecule has 0 spiro atoms. The van der Waals surface area contributed by atoms with Crippen molar-refractivity contribution in [1.29, 1.82) is 0 Å². The Morgan fingerprint density at radius 2 is 2.19 bits per heavy atom. The van der Waals surface area contributed by atoms with Gasteiger partial charge in [0, 0.05) is 12.1 Å². The second-order valence-electron chi connectivity index (χ2n) is 6.25. The zero-order valence-electron chi connectivity index (χ0n) is 14.8. The van der Waals surface area contributed by atoms with E-state index >= 15 is 0 Å². The lowest BCUT2D eigenvalue weighted by Crippen LogP contribution is -2.34. The normalized spacial score (nSPS) is 21.9. The first kappa shape index (κ1) is 18.8. The number of carbonyl (C=O) groups excluding carboxylic acids is 2. The molecule has 144 valence electrons. The van der Waals surface area contributed by atoms with Gasteiger partial charge < -0.3 is 20.5 Å². The van der Waals surface area contributed by atoms with E-state index in [0.29, 0.717) is 11.8 Å². The fourth-order valence-corrected chi connectivity index (χ4v) is 3.34. The van der Waals surface area contributed by atoms with Crippen molar-refractivity contribution in [2.24, 2.45) is 11.7 Å². The minimum absolute atomic E-state index is 0.00789. The van der Waals surface area contributed by atoms with E-state index < -0.39 is 35.8 Å². The van der Waals surface area contributed by atoms with E-state index in [1.807, 2.05) is 0 Å². The number of aromatic nitrogens is 1. The van der Waals surface area contributed by atoms with E-state index in [0.717, 1.165) is 0 Å². The van der Waals surface area contributed by atoms with Gasteiger partial charge in [0.25, 0.3) is 11.8 Å². The highest BCUT2D eigenvalue weighted by atomic mass is 19.1. The Bertz CT molecular complexity index is 906. The SMILES string of the molecule is CC[C@@H]1[C@H](F)C(=O)N[C@@H]1COc1nccc2cc(C(N)=O)c(OC)c(F)c12. The highest BCUT2D eigenvalue weighted by Gasteiger charge is 2.41. The molecule has 3 atom stereocenters. The maximum absolute atomic E-state index is 14.9. The van der Waals surface area contributed by atoms with Gasteiger partial charge in [0.05, 0.1) is 24.1 Å². The number of alkyl halides is 1. The number of hydrogen-bond donors (Lipinski definition) is 2. The zero-order valence-corrected chi connectivity index (χ0v) is 14.8. The quantitative estimate of drug-likeness (QED) is 0.796. The zero-order chi connectivity index (χ0) is 19.7.